The van der Waals surface area contributed by atoms with Crippen LogP contribution in [0.3, 0.4) is 0 Å². The number of nitrogens with zero attached hydrogens (tertiary/aromatic N) is 1. The highest BCUT2D eigenvalue weighted by atomic mass is 19.3. The molecule has 13 heavy (non-hydrogen) atoms. The van der Waals surface area contributed by atoms with E-state index in [1.165, 1.54) is 0 Å². The Bertz CT molecular complexity index is 162. The average Bonchev–Trinajstić information content (AvgIpc) is 2.30. The third-order valence-corrected chi connectivity index (χ3v) is 2.48. The first-order valence-corrected chi connectivity index (χ1v) is 4.84. The van der Waals surface area contributed by atoms with Gasteiger partial charge in [-0.1, -0.05) is 6.92 Å². The number of nitrogens with two attached hydrogens (primary N) is 1. The van der Waals surface area contributed by atoms with Gasteiger partial charge in [0, 0.05) is 19.5 Å². The van der Waals surface area contributed by atoms with Crippen LogP contribution in [0.15, 0.2) is 0 Å². The van der Waals surface area contributed by atoms with Crippen molar-refractivity contribution in [3.05, 3.63) is 0 Å². The fraction of sp³-hybridized carbons (Fsp3) is 1.00. The molecule has 1 fully saturated rings. The average molecular weight is 192 g/mol. The number of rotatable bonds is 4. The lowest BCUT2D eigenvalue weighted by Gasteiger charge is -2.19. The third kappa shape index (κ3) is 3.56. The highest BCUT2D eigenvalue weighted by Crippen LogP contribution is 2.27. The maximum Gasteiger partial charge on any atom is 0.261 e. The lowest BCUT2D eigenvalue weighted by Crippen LogP contribution is -2.30. The molecule has 0 bridgehead atoms. The van der Waals surface area contributed by atoms with Gasteiger partial charge in [0.1, 0.15) is 0 Å². The van der Waals surface area contributed by atoms with Crippen molar-refractivity contribution in [3.63, 3.8) is 0 Å². The summed E-state index contributed by atoms with van der Waals surface area (Å²) in [7, 11) is 0. The molecule has 0 radical (unpaired) electrons. The minimum Gasteiger partial charge on any atom is -0.330 e. The molecular formula is C9H18F2N2. The van der Waals surface area contributed by atoms with Crippen LogP contribution in [0.5, 0.6) is 0 Å². The smallest absolute Gasteiger partial charge is 0.261 e. The van der Waals surface area contributed by atoms with Gasteiger partial charge in [-0.25, -0.2) is 8.78 Å². The van der Waals surface area contributed by atoms with Crippen LogP contribution in [0.2, 0.25) is 0 Å². The van der Waals surface area contributed by atoms with Crippen LogP contribution in [0, 0.1) is 5.92 Å². The van der Waals surface area contributed by atoms with Crippen molar-refractivity contribution in [2.24, 2.45) is 11.7 Å². The Morgan fingerprint density at radius 1 is 1.54 bits per heavy atom. The summed E-state index contributed by atoms with van der Waals surface area (Å²) in [5.41, 5.74) is 5.39. The van der Waals surface area contributed by atoms with Crippen molar-refractivity contribution in [3.8, 4) is 0 Å². The van der Waals surface area contributed by atoms with Gasteiger partial charge in [0.05, 0.1) is 6.54 Å². The summed E-state index contributed by atoms with van der Waals surface area (Å²) in [4.78, 5) is 1.83. The molecule has 1 saturated heterocycles. The fourth-order valence-corrected chi connectivity index (χ4v) is 1.78. The van der Waals surface area contributed by atoms with Gasteiger partial charge in [-0.2, -0.15) is 0 Å². The summed E-state index contributed by atoms with van der Waals surface area (Å²) in [5, 5.41) is 0. The van der Waals surface area contributed by atoms with Crippen molar-refractivity contribution in [2.45, 2.75) is 25.7 Å². The van der Waals surface area contributed by atoms with Crippen LogP contribution in [0.25, 0.3) is 0 Å². The minimum atomic E-state index is -2.46. The zero-order valence-corrected chi connectivity index (χ0v) is 8.10. The second-order valence-electron chi connectivity index (χ2n) is 4.02. The number of hydrogen-bond donors (Lipinski definition) is 1. The van der Waals surface area contributed by atoms with E-state index in [-0.39, 0.29) is 13.0 Å². The van der Waals surface area contributed by atoms with Gasteiger partial charge in [-0.05, 0) is 18.9 Å². The van der Waals surface area contributed by atoms with Gasteiger partial charge >= 0.3 is 0 Å². The largest absolute Gasteiger partial charge is 0.330 e. The van der Waals surface area contributed by atoms with E-state index in [4.69, 9.17) is 5.73 Å². The van der Waals surface area contributed by atoms with Crippen LogP contribution < -0.4 is 5.73 Å². The first-order chi connectivity index (χ1) is 6.03. The van der Waals surface area contributed by atoms with E-state index < -0.39 is 5.92 Å². The summed E-state index contributed by atoms with van der Waals surface area (Å²) >= 11 is 0. The molecule has 0 aromatic heterocycles. The molecule has 0 aliphatic carbocycles. The Kier molecular flexibility index (Phi) is 3.62. The van der Waals surface area contributed by atoms with Gasteiger partial charge in [0.15, 0.2) is 0 Å². The van der Waals surface area contributed by atoms with Gasteiger partial charge in [-0.3, -0.25) is 4.90 Å². The van der Waals surface area contributed by atoms with E-state index >= 15 is 0 Å². The first-order valence-electron chi connectivity index (χ1n) is 4.84. The molecule has 0 saturated carbocycles. The Morgan fingerprint density at radius 3 is 2.69 bits per heavy atom. The predicted molar refractivity (Wildman–Crippen MR) is 48.8 cm³/mol. The first kappa shape index (κ1) is 10.9. The van der Waals surface area contributed by atoms with Crippen LogP contribution >= 0.6 is 0 Å². The molecule has 2 nitrogen and oxygen atoms in total. The number of hydrogen-bond acceptors (Lipinski definition) is 2. The van der Waals surface area contributed by atoms with Gasteiger partial charge in [-0.15, -0.1) is 0 Å². The van der Waals surface area contributed by atoms with Gasteiger partial charge < -0.3 is 5.73 Å². The van der Waals surface area contributed by atoms with Crippen molar-refractivity contribution in [2.75, 3.05) is 26.2 Å². The molecule has 2 N–H and O–H groups in total. The van der Waals surface area contributed by atoms with Crippen molar-refractivity contribution in [1.29, 1.82) is 0 Å². The molecule has 1 atom stereocenters. The predicted octanol–water partition coefficient (Wildman–Crippen LogP) is 1.31. The molecule has 78 valence electrons. The number of likely N-dealkylation sites (tertiary alicyclic amines) is 1. The summed E-state index contributed by atoms with van der Waals surface area (Å²) < 4.78 is 25.5. The number of alkyl halides is 2. The highest BCUT2D eigenvalue weighted by molar-refractivity contribution is 4.82. The Hall–Kier alpha value is -0.220. The molecule has 1 heterocycles. The van der Waals surface area contributed by atoms with E-state index in [0.29, 0.717) is 19.0 Å². The Balaban J connectivity index is 2.24. The van der Waals surface area contributed by atoms with E-state index in [9.17, 15) is 8.78 Å². The van der Waals surface area contributed by atoms with Crippen LogP contribution in [-0.2, 0) is 0 Å². The molecule has 0 aromatic carbocycles. The molecule has 1 aliphatic rings. The maximum absolute atomic E-state index is 12.8. The maximum atomic E-state index is 12.8. The van der Waals surface area contributed by atoms with Crippen LogP contribution in [-0.4, -0.2) is 37.0 Å². The van der Waals surface area contributed by atoms with E-state index in [0.717, 1.165) is 13.0 Å². The quantitative estimate of drug-likeness (QED) is 0.727. The standard InChI is InChI=1S/C9H18F2N2/c1-8(2-4-12)6-13-5-3-9(10,11)7-13/h8H,2-7,12H2,1H3. The molecule has 0 spiro atoms. The SMILES string of the molecule is CC(CCN)CN1CCC(F)(F)C1. The topological polar surface area (TPSA) is 29.3 Å². The van der Waals surface area contributed by atoms with Crippen LogP contribution in [0.1, 0.15) is 19.8 Å². The molecule has 0 aromatic rings. The summed E-state index contributed by atoms with van der Waals surface area (Å²) in [6.07, 6.45) is 0.935. The highest BCUT2D eigenvalue weighted by Gasteiger charge is 2.38. The third-order valence-electron chi connectivity index (χ3n) is 2.48. The zero-order chi connectivity index (χ0) is 9.90. The molecule has 0 amide bonds. The van der Waals surface area contributed by atoms with E-state index in [1.807, 2.05) is 4.90 Å². The van der Waals surface area contributed by atoms with E-state index in [1.54, 1.807) is 0 Å². The minimum absolute atomic E-state index is 0.0162. The van der Waals surface area contributed by atoms with Crippen molar-refractivity contribution >= 4 is 0 Å². The molecule has 1 aliphatic heterocycles. The van der Waals surface area contributed by atoms with Crippen molar-refractivity contribution in [1.82, 2.24) is 4.90 Å². The van der Waals surface area contributed by atoms with Crippen LogP contribution in [0.4, 0.5) is 8.78 Å². The summed E-state index contributed by atoms with van der Waals surface area (Å²) in [6.45, 7) is 3.92. The number of halogens is 2. The lowest BCUT2D eigenvalue weighted by atomic mass is 10.1. The Morgan fingerprint density at radius 2 is 2.23 bits per heavy atom. The molecule has 1 rings (SSSR count). The normalized spacial score (nSPS) is 24.9. The molecule has 4 heteroatoms. The lowest BCUT2D eigenvalue weighted by molar-refractivity contribution is 0.0110. The van der Waals surface area contributed by atoms with E-state index in [2.05, 4.69) is 6.92 Å². The van der Waals surface area contributed by atoms with Gasteiger partial charge in [0.25, 0.3) is 5.92 Å². The zero-order valence-electron chi connectivity index (χ0n) is 8.10. The summed E-state index contributed by atoms with van der Waals surface area (Å²) in [5.74, 6) is -2.03. The van der Waals surface area contributed by atoms with Crippen molar-refractivity contribution < 1.29 is 8.78 Å². The summed E-state index contributed by atoms with van der Waals surface area (Å²) in [6, 6.07) is 0. The Labute approximate surface area is 78.1 Å². The fourth-order valence-electron chi connectivity index (χ4n) is 1.78. The molecular weight excluding hydrogens is 174 g/mol. The second kappa shape index (κ2) is 4.33. The molecule has 1 unspecified atom stereocenters. The monoisotopic (exact) mass is 192 g/mol. The second-order valence-corrected chi connectivity index (χ2v) is 4.02. The van der Waals surface area contributed by atoms with Gasteiger partial charge in [0.2, 0.25) is 0 Å².